The van der Waals surface area contributed by atoms with Crippen LogP contribution in [0.3, 0.4) is 0 Å². The molecule has 0 atom stereocenters. The SMILES string of the molecule is Nc1nc(SCCNC(=O)O)nc(-c2c(Cl)cc3c4c(cccc24)COC3)n1. The van der Waals surface area contributed by atoms with Crippen LogP contribution in [0.2, 0.25) is 5.02 Å². The predicted molar refractivity (Wildman–Crippen MR) is 107 cm³/mol. The number of amides is 1. The lowest BCUT2D eigenvalue weighted by molar-refractivity contribution is 0.103. The van der Waals surface area contributed by atoms with E-state index in [9.17, 15) is 4.79 Å². The highest BCUT2D eigenvalue weighted by molar-refractivity contribution is 7.99. The third-order valence-electron chi connectivity index (χ3n) is 4.26. The van der Waals surface area contributed by atoms with E-state index in [2.05, 4.69) is 20.3 Å². The number of nitrogens with one attached hydrogen (secondary N) is 1. The molecule has 0 saturated carbocycles. The minimum absolute atomic E-state index is 0.0820. The molecule has 0 fully saturated rings. The number of thioether (sulfide) groups is 1. The van der Waals surface area contributed by atoms with Gasteiger partial charge in [0.25, 0.3) is 0 Å². The van der Waals surface area contributed by atoms with Crippen LogP contribution in [0, 0.1) is 0 Å². The van der Waals surface area contributed by atoms with E-state index in [1.807, 2.05) is 24.3 Å². The van der Waals surface area contributed by atoms with Crippen LogP contribution in [-0.2, 0) is 18.0 Å². The molecule has 10 heteroatoms. The van der Waals surface area contributed by atoms with Gasteiger partial charge in [0.15, 0.2) is 11.0 Å². The molecule has 2 aromatic carbocycles. The van der Waals surface area contributed by atoms with Crippen molar-refractivity contribution in [1.29, 1.82) is 0 Å². The number of anilines is 1. The van der Waals surface area contributed by atoms with Crippen LogP contribution in [0.1, 0.15) is 11.1 Å². The molecule has 1 aliphatic heterocycles. The Balaban J connectivity index is 1.75. The highest BCUT2D eigenvalue weighted by Gasteiger charge is 2.20. The molecule has 0 radical (unpaired) electrons. The molecule has 3 aromatic rings. The van der Waals surface area contributed by atoms with Gasteiger partial charge in [0, 0.05) is 17.9 Å². The van der Waals surface area contributed by atoms with E-state index in [1.54, 1.807) is 0 Å². The van der Waals surface area contributed by atoms with Crippen LogP contribution >= 0.6 is 23.4 Å². The van der Waals surface area contributed by atoms with E-state index < -0.39 is 6.09 Å². The van der Waals surface area contributed by atoms with E-state index in [1.165, 1.54) is 11.8 Å². The Labute approximate surface area is 169 Å². The molecular weight excluding hydrogens is 402 g/mol. The second-order valence-corrected chi connectivity index (χ2v) is 7.57. The fourth-order valence-electron chi connectivity index (χ4n) is 3.19. The number of hydrogen-bond donors (Lipinski definition) is 3. The first-order valence-electron chi connectivity index (χ1n) is 8.45. The molecule has 1 amide bonds. The van der Waals surface area contributed by atoms with Gasteiger partial charge >= 0.3 is 6.09 Å². The Hall–Kier alpha value is -2.62. The van der Waals surface area contributed by atoms with Crippen molar-refractivity contribution in [3.8, 4) is 11.4 Å². The van der Waals surface area contributed by atoms with Crippen molar-refractivity contribution in [2.24, 2.45) is 0 Å². The number of halogens is 1. The van der Waals surface area contributed by atoms with E-state index in [0.29, 0.717) is 40.5 Å². The lowest BCUT2D eigenvalue weighted by Gasteiger charge is -2.20. The molecule has 0 unspecified atom stereocenters. The Morgan fingerprint density at radius 1 is 1.29 bits per heavy atom. The minimum atomic E-state index is -1.07. The smallest absolute Gasteiger partial charge is 0.404 e. The summed E-state index contributed by atoms with van der Waals surface area (Å²) in [5.41, 5.74) is 8.71. The Bertz CT molecular complexity index is 1080. The summed E-state index contributed by atoms with van der Waals surface area (Å²) < 4.78 is 5.63. The van der Waals surface area contributed by atoms with Crippen LogP contribution in [0.25, 0.3) is 22.2 Å². The molecule has 28 heavy (non-hydrogen) atoms. The van der Waals surface area contributed by atoms with Gasteiger partial charge in [-0.05, 0) is 28.0 Å². The van der Waals surface area contributed by atoms with Gasteiger partial charge in [0.1, 0.15) is 0 Å². The first kappa shape index (κ1) is 18.7. The molecule has 0 saturated heterocycles. The largest absolute Gasteiger partial charge is 0.465 e. The number of carbonyl (C=O) groups is 1. The van der Waals surface area contributed by atoms with Gasteiger partial charge in [-0.15, -0.1) is 0 Å². The van der Waals surface area contributed by atoms with E-state index >= 15 is 0 Å². The zero-order valence-electron chi connectivity index (χ0n) is 14.6. The number of carboxylic acid groups (broad SMARTS) is 1. The second-order valence-electron chi connectivity index (χ2n) is 6.11. The zero-order chi connectivity index (χ0) is 19.7. The van der Waals surface area contributed by atoms with Crippen molar-refractivity contribution in [2.75, 3.05) is 18.0 Å². The van der Waals surface area contributed by atoms with Crippen molar-refractivity contribution in [1.82, 2.24) is 20.3 Å². The Morgan fingerprint density at radius 3 is 2.93 bits per heavy atom. The van der Waals surface area contributed by atoms with Gasteiger partial charge in [-0.25, -0.2) is 9.78 Å². The highest BCUT2D eigenvalue weighted by Crippen LogP contribution is 2.39. The van der Waals surface area contributed by atoms with Crippen LogP contribution in [0.4, 0.5) is 10.7 Å². The molecule has 4 N–H and O–H groups in total. The number of nitrogen functional groups attached to an aromatic ring is 1. The standard InChI is InChI=1S/C18H16ClN5O3S/c19-12-6-10-8-27-7-9-2-1-3-11(13(9)10)14(12)15-22-16(20)24-17(23-15)28-5-4-21-18(25)26/h1-3,6,21H,4-5,7-8H2,(H,25,26)(H2,20,22,23,24). The van der Waals surface area contributed by atoms with Crippen molar-refractivity contribution in [2.45, 2.75) is 18.4 Å². The van der Waals surface area contributed by atoms with Gasteiger partial charge in [-0.1, -0.05) is 41.6 Å². The maximum atomic E-state index is 10.5. The van der Waals surface area contributed by atoms with Crippen molar-refractivity contribution in [3.05, 3.63) is 40.4 Å². The van der Waals surface area contributed by atoms with Crippen molar-refractivity contribution >= 4 is 46.2 Å². The van der Waals surface area contributed by atoms with Crippen LogP contribution in [0.5, 0.6) is 0 Å². The average molecular weight is 418 g/mol. The summed E-state index contributed by atoms with van der Waals surface area (Å²) in [5, 5.41) is 13.9. The lowest BCUT2D eigenvalue weighted by atomic mass is 9.94. The van der Waals surface area contributed by atoms with Gasteiger partial charge in [-0.2, -0.15) is 9.97 Å². The summed E-state index contributed by atoms with van der Waals surface area (Å²) >= 11 is 7.87. The molecule has 4 rings (SSSR count). The molecule has 0 bridgehead atoms. The molecule has 2 heterocycles. The first-order chi connectivity index (χ1) is 13.5. The monoisotopic (exact) mass is 417 g/mol. The topological polar surface area (TPSA) is 123 Å². The molecule has 8 nitrogen and oxygen atoms in total. The van der Waals surface area contributed by atoms with Crippen molar-refractivity contribution in [3.63, 3.8) is 0 Å². The van der Waals surface area contributed by atoms with Crippen LogP contribution < -0.4 is 11.1 Å². The third-order valence-corrected chi connectivity index (χ3v) is 5.41. The average Bonchev–Trinajstić information content (AvgIpc) is 2.65. The molecule has 0 aliphatic carbocycles. The number of nitrogens with two attached hydrogens (primary N) is 1. The fraction of sp³-hybridized carbons (Fsp3) is 0.222. The van der Waals surface area contributed by atoms with E-state index in [-0.39, 0.29) is 12.5 Å². The summed E-state index contributed by atoms with van der Waals surface area (Å²) in [5.74, 6) is 0.935. The summed E-state index contributed by atoms with van der Waals surface area (Å²) in [4.78, 5) is 23.5. The number of aromatic nitrogens is 3. The second kappa shape index (κ2) is 7.78. The quantitative estimate of drug-likeness (QED) is 0.426. The number of ether oxygens (including phenoxy) is 1. The normalized spacial score (nSPS) is 12.9. The van der Waals surface area contributed by atoms with Gasteiger partial charge < -0.3 is 20.9 Å². The number of benzene rings is 2. The Kier molecular flexibility index (Phi) is 5.21. The van der Waals surface area contributed by atoms with E-state index in [0.717, 1.165) is 21.9 Å². The number of hydrogen-bond acceptors (Lipinski definition) is 7. The lowest BCUT2D eigenvalue weighted by Crippen LogP contribution is -2.23. The van der Waals surface area contributed by atoms with Crippen molar-refractivity contribution < 1.29 is 14.6 Å². The van der Waals surface area contributed by atoms with Gasteiger partial charge in [-0.3, -0.25) is 0 Å². The maximum absolute atomic E-state index is 10.5. The van der Waals surface area contributed by atoms with Gasteiger partial charge in [0.2, 0.25) is 5.95 Å². The maximum Gasteiger partial charge on any atom is 0.404 e. The highest BCUT2D eigenvalue weighted by atomic mass is 35.5. The molecule has 1 aliphatic rings. The molecule has 0 spiro atoms. The summed E-state index contributed by atoms with van der Waals surface area (Å²) in [7, 11) is 0. The van der Waals surface area contributed by atoms with Crippen LogP contribution in [0.15, 0.2) is 29.4 Å². The summed E-state index contributed by atoms with van der Waals surface area (Å²) in [6.07, 6.45) is -1.07. The number of rotatable bonds is 5. The Morgan fingerprint density at radius 2 is 2.11 bits per heavy atom. The fourth-order valence-corrected chi connectivity index (χ4v) is 4.21. The van der Waals surface area contributed by atoms with E-state index in [4.69, 9.17) is 27.2 Å². The summed E-state index contributed by atoms with van der Waals surface area (Å²) in [6.45, 7) is 1.32. The van der Waals surface area contributed by atoms with Gasteiger partial charge in [0.05, 0.1) is 18.2 Å². The predicted octanol–water partition coefficient (Wildman–Crippen LogP) is 3.32. The molecular formula is C18H16ClN5O3S. The number of nitrogens with zero attached hydrogens (tertiary/aromatic N) is 3. The first-order valence-corrected chi connectivity index (χ1v) is 9.81. The third kappa shape index (κ3) is 3.68. The molecule has 144 valence electrons. The minimum Gasteiger partial charge on any atom is -0.465 e. The van der Waals surface area contributed by atoms with Crippen LogP contribution in [-0.4, -0.2) is 38.4 Å². The molecule has 1 aromatic heterocycles. The zero-order valence-corrected chi connectivity index (χ0v) is 16.2. The summed E-state index contributed by atoms with van der Waals surface area (Å²) in [6, 6.07) is 7.85.